The normalized spacial score (nSPS) is 17.4. The van der Waals surface area contributed by atoms with E-state index < -0.39 is 6.04 Å². The predicted octanol–water partition coefficient (Wildman–Crippen LogP) is 2.70. The monoisotopic (exact) mass is 380 g/mol. The van der Waals surface area contributed by atoms with Gasteiger partial charge in [-0.3, -0.25) is 9.59 Å². The summed E-state index contributed by atoms with van der Waals surface area (Å²) in [5.41, 5.74) is 0.578. The third-order valence-corrected chi connectivity index (χ3v) is 4.79. The molecule has 0 radical (unpaired) electrons. The van der Waals surface area contributed by atoms with Crippen LogP contribution in [0.25, 0.3) is 0 Å². The zero-order valence-electron chi connectivity index (χ0n) is 15.4. The quantitative estimate of drug-likeness (QED) is 0.694. The zero-order chi connectivity index (χ0) is 19.5. The van der Waals surface area contributed by atoms with Crippen LogP contribution in [0.5, 0.6) is 0 Å². The number of furan rings is 1. The number of hydrogen-bond donors (Lipinski definition) is 0. The third-order valence-electron chi connectivity index (χ3n) is 4.79. The van der Waals surface area contributed by atoms with Gasteiger partial charge in [0.15, 0.2) is 11.6 Å². The van der Waals surface area contributed by atoms with Gasteiger partial charge in [0.2, 0.25) is 5.89 Å². The molecule has 1 unspecified atom stereocenters. The Morgan fingerprint density at radius 3 is 2.54 bits per heavy atom. The van der Waals surface area contributed by atoms with Crippen molar-refractivity contribution in [2.75, 3.05) is 19.6 Å². The second-order valence-corrected chi connectivity index (χ2v) is 6.62. The number of aryl methyl sites for hydroxylation is 1. The van der Waals surface area contributed by atoms with Crippen molar-refractivity contribution in [2.24, 2.45) is 0 Å². The molecule has 0 saturated carbocycles. The highest BCUT2D eigenvalue weighted by Gasteiger charge is 2.34. The summed E-state index contributed by atoms with van der Waals surface area (Å²) in [7, 11) is 0. The van der Waals surface area contributed by atoms with Crippen molar-refractivity contribution in [1.82, 2.24) is 19.9 Å². The molecule has 8 heteroatoms. The van der Waals surface area contributed by atoms with Gasteiger partial charge in [-0.05, 0) is 37.6 Å². The summed E-state index contributed by atoms with van der Waals surface area (Å²) in [4.78, 5) is 33.6. The number of nitrogens with zero attached hydrogens (tertiary/aromatic N) is 4. The Hall–Kier alpha value is -3.42. The summed E-state index contributed by atoms with van der Waals surface area (Å²) in [6.07, 6.45) is 1.97. The lowest BCUT2D eigenvalue weighted by Gasteiger charge is -2.27. The fourth-order valence-electron chi connectivity index (χ4n) is 3.38. The maximum atomic E-state index is 13.2. The van der Waals surface area contributed by atoms with Crippen molar-refractivity contribution in [3.05, 3.63) is 71.8 Å². The zero-order valence-corrected chi connectivity index (χ0v) is 15.4. The highest BCUT2D eigenvalue weighted by atomic mass is 16.5. The van der Waals surface area contributed by atoms with E-state index in [0.29, 0.717) is 43.3 Å². The van der Waals surface area contributed by atoms with Crippen molar-refractivity contribution in [2.45, 2.75) is 19.4 Å². The molecule has 8 nitrogen and oxygen atoms in total. The van der Waals surface area contributed by atoms with Crippen LogP contribution in [0.15, 0.2) is 57.7 Å². The maximum absolute atomic E-state index is 13.2. The molecule has 3 aromatic rings. The first-order valence-corrected chi connectivity index (χ1v) is 9.12. The molecular formula is C20H20N4O4. The first kappa shape index (κ1) is 18.0. The lowest BCUT2D eigenvalue weighted by Crippen LogP contribution is -2.38. The van der Waals surface area contributed by atoms with Crippen LogP contribution in [-0.4, -0.2) is 51.4 Å². The van der Waals surface area contributed by atoms with Gasteiger partial charge in [-0.1, -0.05) is 23.4 Å². The molecule has 2 aromatic heterocycles. The van der Waals surface area contributed by atoms with Crippen molar-refractivity contribution >= 4 is 11.8 Å². The van der Waals surface area contributed by atoms with Gasteiger partial charge in [0.05, 0.1) is 6.26 Å². The summed E-state index contributed by atoms with van der Waals surface area (Å²) >= 11 is 0. The van der Waals surface area contributed by atoms with E-state index in [1.54, 1.807) is 41.0 Å². The van der Waals surface area contributed by atoms with Crippen LogP contribution in [0.1, 0.15) is 45.1 Å². The minimum atomic E-state index is -0.400. The average molecular weight is 380 g/mol. The second kappa shape index (κ2) is 7.67. The Morgan fingerprint density at radius 2 is 1.86 bits per heavy atom. The van der Waals surface area contributed by atoms with Gasteiger partial charge in [0.1, 0.15) is 6.04 Å². The van der Waals surface area contributed by atoms with Gasteiger partial charge in [0, 0.05) is 25.2 Å². The first-order valence-electron chi connectivity index (χ1n) is 9.12. The minimum absolute atomic E-state index is 0.131. The molecule has 1 aliphatic rings. The van der Waals surface area contributed by atoms with Gasteiger partial charge in [0.25, 0.3) is 11.8 Å². The molecule has 1 aromatic carbocycles. The third kappa shape index (κ3) is 3.53. The summed E-state index contributed by atoms with van der Waals surface area (Å²) in [6, 6.07) is 12.0. The molecule has 0 spiro atoms. The Kier molecular flexibility index (Phi) is 4.92. The summed E-state index contributed by atoms with van der Waals surface area (Å²) in [5.74, 6) is 0.852. The molecule has 0 bridgehead atoms. The summed E-state index contributed by atoms with van der Waals surface area (Å²) in [5, 5.41) is 3.86. The van der Waals surface area contributed by atoms with E-state index in [0.717, 1.165) is 0 Å². The molecule has 1 saturated heterocycles. The number of carbonyl (C=O) groups excluding carboxylic acids is 2. The second-order valence-electron chi connectivity index (χ2n) is 6.62. The fourth-order valence-corrected chi connectivity index (χ4v) is 3.38. The van der Waals surface area contributed by atoms with Crippen molar-refractivity contribution < 1.29 is 18.5 Å². The Morgan fingerprint density at radius 1 is 1.04 bits per heavy atom. The van der Waals surface area contributed by atoms with Crippen LogP contribution in [0, 0.1) is 6.92 Å². The van der Waals surface area contributed by atoms with Crippen molar-refractivity contribution in [1.29, 1.82) is 0 Å². The molecule has 1 fully saturated rings. The van der Waals surface area contributed by atoms with E-state index in [2.05, 4.69) is 10.1 Å². The number of amides is 2. The van der Waals surface area contributed by atoms with Gasteiger partial charge in [-0.25, -0.2) is 0 Å². The smallest absolute Gasteiger partial charge is 0.289 e. The molecule has 28 heavy (non-hydrogen) atoms. The summed E-state index contributed by atoms with van der Waals surface area (Å²) in [6.45, 7) is 2.93. The highest BCUT2D eigenvalue weighted by Crippen LogP contribution is 2.28. The summed E-state index contributed by atoms with van der Waals surface area (Å²) < 4.78 is 10.6. The van der Waals surface area contributed by atoms with Gasteiger partial charge < -0.3 is 18.7 Å². The van der Waals surface area contributed by atoms with Crippen LogP contribution in [0.3, 0.4) is 0 Å². The molecule has 144 valence electrons. The van der Waals surface area contributed by atoms with Crippen molar-refractivity contribution in [3.8, 4) is 0 Å². The SMILES string of the molecule is Cc1noc(C2CCN(C(=O)c3ccco3)CCN2C(=O)c2ccccc2)n1. The van der Waals surface area contributed by atoms with Gasteiger partial charge in [-0.2, -0.15) is 4.98 Å². The van der Waals surface area contributed by atoms with Crippen molar-refractivity contribution in [3.63, 3.8) is 0 Å². The Bertz CT molecular complexity index is 952. The maximum Gasteiger partial charge on any atom is 0.289 e. The minimum Gasteiger partial charge on any atom is -0.459 e. The van der Waals surface area contributed by atoms with Gasteiger partial charge >= 0.3 is 0 Å². The van der Waals surface area contributed by atoms with Crippen LogP contribution in [0.4, 0.5) is 0 Å². The average Bonchev–Trinajstić information content (AvgIpc) is 3.35. The number of carbonyl (C=O) groups is 2. The standard InChI is InChI=1S/C20H20N4O4/c1-14-21-18(28-22-14)16-9-10-23(20(26)17-8-5-13-27-17)11-12-24(16)19(25)15-6-3-2-4-7-15/h2-8,13,16H,9-12H2,1H3. The van der Waals surface area contributed by atoms with E-state index in [1.807, 2.05) is 18.2 Å². The van der Waals surface area contributed by atoms with E-state index in [-0.39, 0.29) is 17.6 Å². The van der Waals surface area contributed by atoms with E-state index in [1.165, 1.54) is 6.26 Å². The number of hydrogen-bond acceptors (Lipinski definition) is 6. The number of benzene rings is 1. The van der Waals surface area contributed by atoms with E-state index in [4.69, 9.17) is 8.94 Å². The first-order chi connectivity index (χ1) is 13.6. The fraction of sp³-hybridized carbons (Fsp3) is 0.300. The molecule has 2 amide bonds. The number of rotatable bonds is 3. The number of aromatic nitrogens is 2. The van der Waals surface area contributed by atoms with Crippen LogP contribution in [0.2, 0.25) is 0 Å². The molecule has 0 aliphatic carbocycles. The Labute approximate surface area is 161 Å². The van der Waals surface area contributed by atoms with E-state index >= 15 is 0 Å². The molecule has 1 aliphatic heterocycles. The largest absolute Gasteiger partial charge is 0.459 e. The van der Waals surface area contributed by atoms with Crippen LogP contribution >= 0.6 is 0 Å². The topological polar surface area (TPSA) is 92.7 Å². The van der Waals surface area contributed by atoms with Gasteiger partial charge in [-0.15, -0.1) is 0 Å². The molecule has 4 rings (SSSR count). The highest BCUT2D eigenvalue weighted by molar-refractivity contribution is 5.95. The molecular weight excluding hydrogens is 360 g/mol. The lowest BCUT2D eigenvalue weighted by molar-refractivity contribution is 0.0639. The molecule has 3 heterocycles. The molecule has 0 N–H and O–H groups in total. The Balaban J connectivity index is 1.62. The molecule has 1 atom stereocenters. The predicted molar refractivity (Wildman–Crippen MR) is 98.5 cm³/mol. The van der Waals surface area contributed by atoms with Crippen LogP contribution in [-0.2, 0) is 0 Å². The van der Waals surface area contributed by atoms with E-state index in [9.17, 15) is 9.59 Å². The lowest BCUT2D eigenvalue weighted by atomic mass is 10.1. The van der Waals surface area contributed by atoms with Crippen LogP contribution < -0.4 is 0 Å².